The zero-order chi connectivity index (χ0) is 9.23. The molecule has 0 amide bonds. The van der Waals surface area contributed by atoms with E-state index in [2.05, 4.69) is 11.3 Å². The zero-order valence-electron chi connectivity index (χ0n) is 7.29. The summed E-state index contributed by atoms with van der Waals surface area (Å²) in [6, 6.07) is 0. The summed E-state index contributed by atoms with van der Waals surface area (Å²) in [6.45, 7) is 4.07. The molecule has 12 heavy (non-hydrogen) atoms. The van der Waals surface area contributed by atoms with Crippen LogP contribution in [0.4, 0.5) is 0 Å². The van der Waals surface area contributed by atoms with E-state index in [1.165, 1.54) is 20.0 Å². The highest BCUT2D eigenvalue weighted by Crippen LogP contribution is 1.97. The molecule has 0 saturated carbocycles. The molecule has 1 aliphatic rings. The van der Waals surface area contributed by atoms with Crippen molar-refractivity contribution in [1.82, 2.24) is 0 Å². The average molecular weight is 170 g/mol. The molecule has 0 aliphatic carbocycles. The van der Waals surface area contributed by atoms with Crippen LogP contribution in [0.2, 0.25) is 0 Å². The van der Waals surface area contributed by atoms with Gasteiger partial charge >= 0.3 is 5.97 Å². The second-order valence-electron chi connectivity index (χ2n) is 2.11. The normalized spacial score (nSPS) is 13.4. The van der Waals surface area contributed by atoms with Gasteiger partial charge in [0.05, 0.1) is 20.0 Å². The van der Waals surface area contributed by atoms with E-state index in [4.69, 9.17) is 4.74 Å². The fourth-order valence-corrected chi connectivity index (χ4v) is 0.572. The fourth-order valence-electron chi connectivity index (χ4n) is 0.572. The first-order valence-electron chi connectivity index (χ1n) is 3.78. The monoisotopic (exact) mass is 170 g/mol. The van der Waals surface area contributed by atoms with Gasteiger partial charge in [-0.05, 0) is 18.9 Å². The molecule has 0 spiro atoms. The number of hydrogen-bond donors (Lipinski definition) is 0. The van der Waals surface area contributed by atoms with Crippen LogP contribution in [-0.4, -0.2) is 19.7 Å². The highest BCUT2D eigenvalue weighted by Gasteiger charge is 1.86. The van der Waals surface area contributed by atoms with Crippen molar-refractivity contribution in [3.05, 3.63) is 25.0 Å². The van der Waals surface area contributed by atoms with E-state index in [1.54, 1.807) is 6.26 Å². The predicted octanol–water partition coefficient (Wildman–Crippen LogP) is 1.66. The predicted molar refractivity (Wildman–Crippen MR) is 46.5 cm³/mol. The first-order chi connectivity index (χ1) is 5.81. The Morgan fingerprint density at radius 3 is 2.58 bits per heavy atom. The second-order valence-corrected chi connectivity index (χ2v) is 2.11. The summed E-state index contributed by atoms with van der Waals surface area (Å²) in [5, 5.41) is 0. The first kappa shape index (κ1) is 10.8. The summed E-state index contributed by atoms with van der Waals surface area (Å²) < 4.78 is 9.03. The molecule has 0 unspecified atom stereocenters. The molecule has 1 aliphatic heterocycles. The molecule has 0 aromatic heterocycles. The molecule has 1 rings (SSSR count). The number of rotatable bonds is 1. The number of carbonyl (C=O) groups is 1. The quantitative estimate of drug-likeness (QED) is 0.443. The maximum Gasteiger partial charge on any atom is 0.329 e. The largest absolute Gasteiger partial charge is 0.502 e. The summed E-state index contributed by atoms with van der Waals surface area (Å²) in [5.41, 5.74) is 0. The maximum absolute atomic E-state index is 9.84. The summed E-state index contributed by atoms with van der Waals surface area (Å²) in [4.78, 5) is 9.84. The van der Waals surface area contributed by atoms with Gasteiger partial charge in [-0.25, -0.2) is 4.79 Å². The lowest BCUT2D eigenvalue weighted by Gasteiger charge is -2.01. The Balaban J connectivity index is 0.000000202. The number of hydrogen-bond acceptors (Lipinski definition) is 3. The number of ether oxygens (including phenoxy) is 2. The van der Waals surface area contributed by atoms with Crippen LogP contribution in [0.25, 0.3) is 0 Å². The Bertz CT molecular complexity index is 153. The molecule has 0 saturated heterocycles. The average Bonchev–Trinajstić information content (AvgIpc) is 2.20. The summed E-state index contributed by atoms with van der Waals surface area (Å²) in [7, 11) is 1.31. The molecule has 0 N–H and O–H groups in total. The van der Waals surface area contributed by atoms with Crippen LogP contribution in [0.3, 0.4) is 0 Å². The van der Waals surface area contributed by atoms with Gasteiger partial charge in [-0.15, -0.1) is 0 Å². The summed E-state index contributed by atoms with van der Waals surface area (Å²) >= 11 is 0. The van der Waals surface area contributed by atoms with E-state index < -0.39 is 5.97 Å². The third-order valence-electron chi connectivity index (χ3n) is 1.19. The SMILES string of the molecule is C1=COCCC1.C=CC(=O)OC. The van der Waals surface area contributed by atoms with Crippen molar-refractivity contribution in [2.24, 2.45) is 0 Å². The van der Waals surface area contributed by atoms with Crippen LogP contribution in [0.1, 0.15) is 12.8 Å². The number of esters is 1. The lowest BCUT2D eigenvalue weighted by molar-refractivity contribution is -0.134. The van der Waals surface area contributed by atoms with E-state index in [0.29, 0.717) is 0 Å². The van der Waals surface area contributed by atoms with Crippen LogP contribution in [0, 0.1) is 0 Å². The van der Waals surface area contributed by atoms with Gasteiger partial charge in [0.2, 0.25) is 0 Å². The van der Waals surface area contributed by atoms with Crippen LogP contribution in [0.15, 0.2) is 25.0 Å². The van der Waals surface area contributed by atoms with Gasteiger partial charge < -0.3 is 9.47 Å². The second kappa shape index (κ2) is 7.85. The van der Waals surface area contributed by atoms with Gasteiger partial charge in [-0.3, -0.25) is 0 Å². The molecule has 0 radical (unpaired) electrons. The van der Waals surface area contributed by atoms with Crippen molar-refractivity contribution in [3.63, 3.8) is 0 Å². The molecule has 3 nitrogen and oxygen atoms in total. The van der Waals surface area contributed by atoms with Crippen molar-refractivity contribution in [2.45, 2.75) is 12.8 Å². The molecular weight excluding hydrogens is 156 g/mol. The van der Waals surface area contributed by atoms with Crippen LogP contribution in [-0.2, 0) is 14.3 Å². The molecule has 0 atom stereocenters. The minimum atomic E-state index is -0.394. The Morgan fingerprint density at radius 1 is 1.75 bits per heavy atom. The Labute approximate surface area is 72.7 Å². The maximum atomic E-state index is 9.84. The van der Waals surface area contributed by atoms with E-state index in [1.807, 2.05) is 6.08 Å². The Hall–Kier alpha value is -1.25. The molecule has 0 aromatic carbocycles. The molecular formula is C9H14O3. The number of methoxy groups -OCH3 is 1. The van der Waals surface area contributed by atoms with E-state index in [-0.39, 0.29) is 0 Å². The van der Waals surface area contributed by atoms with Crippen molar-refractivity contribution >= 4 is 5.97 Å². The smallest absolute Gasteiger partial charge is 0.329 e. The van der Waals surface area contributed by atoms with E-state index >= 15 is 0 Å². The highest BCUT2D eigenvalue weighted by atomic mass is 16.5. The van der Waals surface area contributed by atoms with Gasteiger partial charge in [0.1, 0.15) is 0 Å². The minimum absolute atomic E-state index is 0.394. The van der Waals surface area contributed by atoms with Crippen LogP contribution < -0.4 is 0 Å². The Kier molecular flexibility index (Phi) is 7.03. The molecule has 0 fully saturated rings. The molecule has 0 bridgehead atoms. The number of carbonyl (C=O) groups excluding carboxylic acids is 1. The van der Waals surface area contributed by atoms with Gasteiger partial charge in [-0.2, -0.15) is 0 Å². The lowest BCUT2D eigenvalue weighted by Crippen LogP contribution is -1.91. The number of allylic oxidation sites excluding steroid dienone is 1. The first-order valence-corrected chi connectivity index (χ1v) is 3.78. The van der Waals surface area contributed by atoms with Crippen molar-refractivity contribution in [1.29, 1.82) is 0 Å². The minimum Gasteiger partial charge on any atom is -0.502 e. The van der Waals surface area contributed by atoms with Gasteiger partial charge in [0, 0.05) is 6.08 Å². The van der Waals surface area contributed by atoms with Crippen LogP contribution >= 0.6 is 0 Å². The Morgan fingerprint density at radius 2 is 2.50 bits per heavy atom. The van der Waals surface area contributed by atoms with Crippen molar-refractivity contribution in [2.75, 3.05) is 13.7 Å². The van der Waals surface area contributed by atoms with Gasteiger partial charge in [0.15, 0.2) is 0 Å². The highest BCUT2D eigenvalue weighted by molar-refractivity contribution is 5.80. The molecule has 68 valence electrons. The van der Waals surface area contributed by atoms with Gasteiger partial charge in [-0.1, -0.05) is 6.58 Å². The molecule has 3 heteroatoms. The summed E-state index contributed by atoms with van der Waals surface area (Å²) in [5.74, 6) is -0.394. The summed E-state index contributed by atoms with van der Waals surface area (Å²) in [6.07, 6.45) is 7.31. The zero-order valence-corrected chi connectivity index (χ0v) is 7.29. The third kappa shape index (κ3) is 6.86. The fraction of sp³-hybridized carbons (Fsp3) is 0.444. The van der Waals surface area contributed by atoms with Gasteiger partial charge in [0.25, 0.3) is 0 Å². The van der Waals surface area contributed by atoms with E-state index in [0.717, 1.165) is 12.7 Å². The van der Waals surface area contributed by atoms with Crippen LogP contribution in [0.5, 0.6) is 0 Å². The van der Waals surface area contributed by atoms with Crippen molar-refractivity contribution < 1.29 is 14.3 Å². The lowest BCUT2D eigenvalue weighted by atomic mass is 10.3. The molecule has 1 heterocycles. The molecule has 0 aromatic rings. The topological polar surface area (TPSA) is 35.5 Å². The van der Waals surface area contributed by atoms with E-state index in [9.17, 15) is 4.79 Å². The third-order valence-corrected chi connectivity index (χ3v) is 1.19. The van der Waals surface area contributed by atoms with Crippen molar-refractivity contribution in [3.8, 4) is 0 Å². The standard InChI is InChI=1S/C5H8O.C4H6O2/c1-2-4-6-5-3-1;1-3-4(5)6-2/h2,4H,1,3,5H2;3H,1H2,2H3.